The number of nitrogens with two attached hydrogens (primary N) is 1. The number of rotatable bonds is 7. The van der Waals surface area contributed by atoms with Crippen LogP contribution in [0.25, 0.3) is 22.2 Å². The predicted molar refractivity (Wildman–Crippen MR) is 186 cm³/mol. The van der Waals surface area contributed by atoms with Gasteiger partial charge in [0.05, 0.1) is 24.7 Å². The lowest BCUT2D eigenvalue weighted by Gasteiger charge is -2.42. The SMILES string of the molecule is COc1nc(-c2cc(N)cc(Cl)c2C2CC2)c(F)c2nc(OC[C@@]34CCCN3C[C@H](F)C4)nc(N3C[C@H]4CC[C@@H](C3)N4C(=O)OC(C)(C)C)c12. The molecule has 11 nitrogen and oxygen atoms in total. The number of halogens is 3. The molecule has 5 aliphatic rings. The average molecular weight is 712 g/mol. The van der Waals surface area contributed by atoms with Gasteiger partial charge in [0, 0.05) is 42.3 Å². The van der Waals surface area contributed by atoms with E-state index in [1.165, 1.54) is 7.11 Å². The fraction of sp³-hybridized carbons (Fsp3) is 0.611. The third-order valence-corrected chi connectivity index (χ3v) is 11.2. The van der Waals surface area contributed by atoms with Crippen LogP contribution in [-0.4, -0.2) is 100 Å². The highest BCUT2D eigenvalue weighted by Crippen LogP contribution is 2.50. The van der Waals surface area contributed by atoms with Crippen molar-refractivity contribution >= 4 is 40.1 Å². The number of piperazine rings is 1. The van der Waals surface area contributed by atoms with E-state index in [0.29, 0.717) is 53.5 Å². The maximum atomic E-state index is 17.1. The van der Waals surface area contributed by atoms with Crippen molar-refractivity contribution in [2.75, 3.05) is 50.5 Å². The van der Waals surface area contributed by atoms with E-state index < -0.39 is 23.1 Å². The average Bonchev–Trinajstić information content (AvgIpc) is 3.65. The van der Waals surface area contributed by atoms with Crippen LogP contribution in [-0.2, 0) is 4.74 Å². The van der Waals surface area contributed by atoms with Crippen LogP contribution in [0.4, 0.5) is 25.1 Å². The molecule has 6 heterocycles. The molecule has 1 aromatic carbocycles. The van der Waals surface area contributed by atoms with Crippen LogP contribution in [0, 0.1) is 5.82 Å². The van der Waals surface area contributed by atoms with Gasteiger partial charge in [0.15, 0.2) is 5.82 Å². The second kappa shape index (κ2) is 12.2. The number of pyridine rings is 1. The maximum absolute atomic E-state index is 17.1. The Balaban J connectivity index is 1.23. The maximum Gasteiger partial charge on any atom is 0.410 e. The van der Waals surface area contributed by atoms with E-state index in [1.54, 1.807) is 12.1 Å². The zero-order valence-electron chi connectivity index (χ0n) is 29.0. The lowest BCUT2D eigenvalue weighted by molar-refractivity contribution is 0.0122. The first kappa shape index (κ1) is 33.4. The molecule has 0 radical (unpaired) electrons. The Hall–Kier alpha value is -3.71. The third-order valence-electron chi connectivity index (χ3n) is 10.9. The summed E-state index contributed by atoms with van der Waals surface area (Å²) in [6.07, 6.45) is 4.33. The topological polar surface area (TPSA) is 119 Å². The molecule has 2 bridgehead atoms. The van der Waals surface area contributed by atoms with Crippen molar-refractivity contribution in [1.29, 1.82) is 0 Å². The van der Waals surface area contributed by atoms with Gasteiger partial charge in [0.1, 0.15) is 40.8 Å². The molecule has 8 rings (SSSR count). The van der Waals surface area contributed by atoms with Gasteiger partial charge in [-0.1, -0.05) is 11.6 Å². The molecule has 4 atom stereocenters. The highest BCUT2D eigenvalue weighted by Gasteiger charge is 2.50. The Morgan fingerprint density at radius 2 is 1.84 bits per heavy atom. The highest BCUT2D eigenvalue weighted by atomic mass is 35.5. The molecule has 14 heteroatoms. The summed E-state index contributed by atoms with van der Waals surface area (Å²) in [5, 5.41) is 0.774. The zero-order valence-corrected chi connectivity index (χ0v) is 29.7. The van der Waals surface area contributed by atoms with E-state index >= 15 is 4.39 Å². The first-order valence-corrected chi connectivity index (χ1v) is 18.0. The molecule has 268 valence electrons. The number of nitrogens with zero attached hydrogens (tertiary/aromatic N) is 6. The van der Waals surface area contributed by atoms with E-state index in [2.05, 4.69) is 9.88 Å². The van der Waals surface area contributed by atoms with Gasteiger partial charge in [-0.25, -0.2) is 18.6 Å². The van der Waals surface area contributed by atoms with Gasteiger partial charge in [0.25, 0.3) is 0 Å². The monoisotopic (exact) mass is 711 g/mol. The van der Waals surface area contributed by atoms with Crippen LogP contribution in [0.15, 0.2) is 12.1 Å². The van der Waals surface area contributed by atoms with Crippen molar-refractivity contribution in [2.24, 2.45) is 0 Å². The summed E-state index contributed by atoms with van der Waals surface area (Å²) in [6.45, 7) is 7.81. The van der Waals surface area contributed by atoms with Gasteiger partial charge in [0.2, 0.25) is 5.88 Å². The molecular formula is C36H44ClF2N7O4. The fourth-order valence-corrected chi connectivity index (χ4v) is 9.06. The van der Waals surface area contributed by atoms with E-state index in [9.17, 15) is 9.18 Å². The Kier molecular flexibility index (Phi) is 8.17. The van der Waals surface area contributed by atoms with Gasteiger partial charge < -0.3 is 24.8 Å². The summed E-state index contributed by atoms with van der Waals surface area (Å²) >= 11 is 6.69. The van der Waals surface area contributed by atoms with Crippen LogP contribution in [0.5, 0.6) is 11.9 Å². The molecule has 4 saturated heterocycles. The Morgan fingerprint density at radius 1 is 1.10 bits per heavy atom. The number of aromatic nitrogens is 3. The minimum atomic E-state index is -0.926. The molecule has 1 aliphatic carbocycles. The molecule has 1 saturated carbocycles. The standard InChI is InChI=1S/C36H44ClF2N7O4/c1-35(2,3)50-34(47)46-22-8-9-23(46)17-44(16-22)31-27-30(42-33(43-31)49-18-36-10-5-11-45(36)15-20(38)14-36)28(39)29(41-32(27)48-4)24-12-21(40)13-25(37)26(24)19-6-7-19/h12-13,19-20,22-23H,5-11,14-18,40H2,1-4H3/t20-,22-,23+,36+/m1/s1. The highest BCUT2D eigenvalue weighted by molar-refractivity contribution is 6.32. The number of hydrogen-bond donors (Lipinski definition) is 1. The zero-order chi connectivity index (χ0) is 35.1. The third kappa shape index (κ3) is 5.83. The van der Waals surface area contributed by atoms with E-state index in [0.717, 1.165) is 50.6 Å². The van der Waals surface area contributed by atoms with Crippen LogP contribution in [0.3, 0.4) is 0 Å². The summed E-state index contributed by atoms with van der Waals surface area (Å²) in [7, 11) is 1.48. The van der Waals surface area contributed by atoms with Crippen molar-refractivity contribution < 1.29 is 27.8 Å². The molecule has 0 spiro atoms. The van der Waals surface area contributed by atoms with E-state index in [1.807, 2.05) is 30.6 Å². The number of benzene rings is 1. The number of amides is 1. The van der Waals surface area contributed by atoms with Crippen LogP contribution in [0.1, 0.15) is 77.2 Å². The molecule has 4 aliphatic heterocycles. The summed E-state index contributed by atoms with van der Waals surface area (Å²) < 4.78 is 49.7. The number of carbonyl (C=O) groups is 1. The number of alkyl halides is 1. The molecule has 3 aromatic rings. The molecule has 1 amide bonds. The number of carbonyl (C=O) groups excluding carboxylic acids is 1. The number of nitrogen functional groups attached to an aromatic ring is 1. The summed E-state index contributed by atoms with van der Waals surface area (Å²) in [6, 6.07) is 3.10. The summed E-state index contributed by atoms with van der Waals surface area (Å²) in [5.41, 5.74) is 6.87. The number of hydrogen-bond acceptors (Lipinski definition) is 10. The van der Waals surface area contributed by atoms with Crippen LogP contribution >= 0.6 is 11.6 Å². The number of methoxy groups -OCH3 is 1. The first-order chi connectivity index (χ1) is 23.8. The van der Waals surface area contributed by atoms with Gasteiger partial charge in [-0.3, -0.25) is 9.80 Å². The van der Waals surface area contributed by atoms with Crippen molar-refractivity contribution in [3.05, 3.63) is 28.5 Å². The van der Waals surface area contributed by atoms with Crippen molar-refractivity contribution in [2.45, 2.75) is 101 Å². The van der Waals surface area contributed by atoms with E-state index in [-0.39, 0.29) is 53.8 Å². The lowest BCUT2D eigenvalue weighted by Crippen LogP contribution is -2.57. The summed E-state index contributed by atoms with van der Waals surface area (Å²) in [4.78, 5) is 33.6. The minimum absolute atomic E-state index is 0.00960. The van der Waals surface area contributed by atoms with Crippen molar-refractivity contribution in [3.63, 3.8) is 0 Å². The second-order valence-corrected chi connectivity index (χ2v) is 16.0. The van der Waals surface area contributed by atoms with Crippen molar-refractivity contribution in [1.82, 2.24) is 24.8 Å². The predicted octanol–water partition coefficient (Wildman–Crippen LogP) is 6.50. The first-order valence-electron chi connectivity index (χ1n) is 17.7. The lowest BCUT2D eigenvalue weighted by atomic mass is 9.95. The normalized spacial score (nSPS) is 26.5. The number of fused-ring (bicyclic) bond motifs is 4. The molecule has 0 unspecified atom stereocenters. The molecule has 5 fully saturated rings. The quantitative estimate of drug-likeness (QED) is 0.272. The Labute approximate surface area is 295 Å². The largest absolute Gasteiger partial charge is 0.480 e. The van der Waals surface area contributed by atoms with Gasteiger partial charge >= 0.3 is 12.1 Å². The van der Waals surface area contributed by atoms with Gasteiger partial charge in [-0.15, -0.1) is 0 Å². The van der Waals surface area contributed by atoms with Crippen LogP contribution in [0.2, 0.25) is 5.02 Å². The second-order valence-electron chi connectivity index (χ2n) is 15.6. The van der Waals surface area contributed by atoms with E-state index in [4.69, 9.17) is 41.5 Å². The van der Waals surface area contributed by atoms with Crippen LogP contribution < -0.4 is 20.1 Å². The fourth-order valence-electron chi connectivity index (χ4n) is 8.68. The Morgan fingerprint density at radius 3 is 2.52 bits per heavy atom. The number of ether oxygens (including phenoxy) is 3. The smallest absolute Gasteiger partial charge is 0.410 e. The molecular weight excluding hydrogens is 668 g/mol. The molecule has 50 heavy (non-hydrogen) atoms. The molecule has 2 N–H and O–H groups in total. The van der Waals surface area contributed by atoms with Gasteiger partial charge in [-0.2, -0.15) is 9.97 Å². The number of anilines is 2. The summed E-state index contributed by atoms with van der Waals surface area (Å²) in [5.74, 6) is 0.0661. The van der Waals surface area contributed by atoms with Gasteiger partial charge in [-0.05, 0) is 89.5 Å². The van der Waals surface area contributed by atoms with Crippen molar-refractivity contribution in [3.8, 4) is 23.1 Å². The minimum Gasteiger partial charge on any atom is -0.480 e. The molecule has 2 aromatic heterocycles. The Bertz CT molecular complexity index is 1840.